The molecule has 0 atom stereocenters. The molecule has 4 heteroatoms. The molecule has 0 aliphatic rings. The average molecular weight is 241 g/mol. The molecule has 2 N–H and O–H groups in total. The summed E-state index contributed by atoms with van der Waals surface area (Å²) >= 11 is 1.84. The number of hydrogen-bond donors (Lipinski definition) is 1. The number of rotatable bonds is 6. The number of nitrogen functional groups attached to an aromatic ring is 1. The normalized spacial score (nSPS) is 11.3. The van der Waals surface area contributed by atoms with Gasteiger partial charge in [0.2, 0.25) is 0 Å². The molecule has 0 unspecified atom stereocenters. The number of nitrogens with two attached hydrogens (primary N) is 1. The molecule has 16 heavy (non-hydrogen) atoms. The van der Waals surface area contributed by atoms with E-state index >= 15 is 0 Å². The van der Waals surface area contributed by atoms with Crippen molar-refractivity contribution in [3.63, 3.8) is 0 Å². The van der Waals surface area contributed by atoms with Gasteiger partial charge in [-0.05, 0) is 31.4 Å². The van der Waals surface area contributed by atoms with Crippen molar-refractivity contribution < 1.29 is 0 Å². The van der Waals surface area contributed by atoms with Gasteiger partial charge in [-0.1, -0.05) is 20.8 Å². The van der Waals surface area contributed by atoms with Crippen LogP contribution in [-0.2, 0) is 6.54 Å². The van der Waals surface area contributed by atoms with Crippen molar-refractivity contribution >= 4 is 17.4 Å². The minimum Gasteiger partial charge on any atom is -0.395 e. The summed E-state index contributed by atoms with van der Waals surface area (Å²) in [7, 11) is 0. The fourth-order valence-electron chi connectivity index (χ4n) is 1.48. The fraction of sp³-hybridized carbons (Fsp3) is 0.750. The van der Waals surface area contributed by atoms with Gasteiger partial charge < -0.3 is 5.73 Å². The van der Waals surface area contributed by atoms with E-state index in [4.69, 9.17) is 5.73 Å². The molecule has 92 valence electrons. The van der Waals surface area contributed by atoms with Gasteiger partial charge in [0.05, 0.1) is 11.4 Å². The second-order valence-corrected chi connectivity index (χ2v) is 5.64. The Balaban J connectivity index is 2.68. The standard InChI is InChI=1S/C12H23N3S/c1-5-7-15-12(11(13)10(4)14-15)16-8-6-9(2)3/h9H,5-8,13H2,1-4H3. The molecule has 0 bridgehead atoms. The maximum atomic E-state index is 6.05. The maximum absolute atomic E-state index is 6.05. The Hall–Kier alpha value is -0.640. The van der Waals surface area contributed by atoms with Crippen molar-refractivity contribution in [1.29, 1.82) is 0 Å². The van der Waals surface area contributed by atoms with E-state index in [0.29, 0.717) is 0 Å². The predicted molar refractivity (Wildman–Crippen MR) is 71.8 cm³/mol. The minimum absolute atomic E-state index is 0.748. The molecule has 0 spiro atoms. The molecule has 1 heterocycles. The lowest BCUT2D eigenvalue weighted by atomic mass is 10.2. The van der Waals surface area contributed by atoms with E-state index in [2.05, 4.69) is 30.6 Å². The van der Waals surface area contributed by atoms with Crippen molar-refractivity contribution in [2.24, 2.45) is 5.92 Å². The van der Waals surface area contributed by atoms with E-state index < -0.39 is 0 Å². The summed E-state index contributed by atoms with van der Waals surface area (Å²) in [5.74, 6) is 1.87. The molecule has 0 aliphatic heterocycles. The van der Waals surface area contributed by atoms with Gasteiger partial charge >= 0.3 is 0 Å². The summed E-state index contributed by atoms with van der Waals surface area (Å²) in [5, 5.41) is 5.62. The van der Waals surface area contributed by atoms with Crippen LogP contribution in [0.15, 0.2) is 5.03 Å². The van der Waals surface area contributed by atoms with Crippen LogP contribution in [0.3, 0.4) is 0 Å². The third kappa shape index (κ3) is 3.44. The third-order valence-electron chi connectivity index (χ3n) is 2.49. The first-order valence-corrected chi connectivity index (χ1v) is 7.00. The van der Waals surface area contributed by atoms with Gasteiger partial charge in [0.25, 0.3) is 0 Å². The predicted octanol–water partition coefficient (Wildman–Crippen LogP) is 3.32. The molecule has 0 saturated heterocycles. The zero-order valence-corrected chi connectivity index (χ0v) is 11.6. The lowest BCUT2D eigenvalue weighted by Crippen LogP contribution is -2.02. The second-order valence-electron chi connectivity index (χ2n) is 4.56. The molecule has 0 radical (unpaired) electrons. The molecule has 0 aromatic carbocycles. The van der Waals surface area contributed by atoms with Crippen molar-refractivity contribution in [2.75, 3.05) is 11.5 Å². The molecular formula is C12H23N3S. The van der Waals surface area contributed by atoms with Gasteiger partial charge in [-0.2, -0.15) is 5.10 Å². The monoisotopic (exact) mass is 241 g/mol. The Morgan fingerprint density at radius 3 is 2.69 bits per heavy atom. The van der Waals surface area contributed by atoms with E-state index in [1.54, 1.807) is 0 Å². The Morgan fingerprint density at radius 1 is 1.44 bits per heavy atom. The van der Waals surface area contributed by atoms with Crippen LogP contribution in [0.4, 0.5) is 5.69 Å². The van der Waals surface area contributed by atoms with Crippen LogP contribution in [0.1, 0.15) is 39.3 Å². The fourth-order valence-corrected chi connectivity index (χ4v) is 2.85. The molecule has 1 rings (SSSR count). The van der Waals surface area contributed by atoms with Crippen LogP contribution in [0, 0.1) is 12.8 Å². The summed E-state index contributed by atoms with van der Waals surface area (Å²) in [5.41, 5.74) is 7.87. The van der Waals surface area contributed by atoms with Crippen molar-refractivity contribution in [2.45, 2.75) is 52.1 Å². The first-order chi connectivity index (χ1) is 7.56. The zero-order valence-electron chi connectivity index (χ0n) is 10.8. The number of aromatic nitrogens is 2. The van der Waals surface area contributed by atoms with Crippen molar-refractivity contribution in [3.05, 3.63) is 5.69 Å². The number of anilines is 1. The van der Waals surface area contributed by atoms with Crippen LogP contribution in [0.2, 0.25) is 0 Å². The average Bonchev–Trinajstić information content (AvgIpc) is 2.46. The quantitative estimate of drug-likeness (QED) is 0.777. The smallest absolute Gasteiger partial charge is 0.117 e. The molecule has 0 aliphatic carbocycles. The first-order valence-electron chi connectivity index (χ1n) is 6.01. The molecule has 0 fully saturated rings. The highest BCUT2D eigenvalue weighted by atomic mass is 32.2. The van der Waals surface area contributed by atoms with Crippen LogP contribution in [0.5, 0.6) is 0 Å². The highest BCUT2D eigenvalue weighted by Crippen LogP contribution is 2.29. The molecule has 1 aromatic heterocycles. The number of hydrogen-bond acceptors (Lipinski definition) is 3. The summed E-state index contributed by atoms with van der Waals surface area (Å²) in [6, 6.07) is 0. The van der Waals surface area contributed by atoms with Gasteiger partial charge in [0.1, 0.15) is 5.03 Å². The molecular weight excluding hydrogens is 218 g/mol. The van der Waals surface area contributed by atoms with Gasteiger partial charge in [0.15, 0.2) is 0 Å². The Bertz CT molecular complexity index is 331. The van der Waals surface area contributed by atoms with Crippen LogP contribution < -0.4 is 5.73 Å². The SMILES string of the molecule is CCCn1nc(C)c(N)c1SCCC(C)C. The first kappa shape index (κ1) is 13.4. The summed E-state index contributed by atoms with van der Waals surface area (Å²) in [6.07, 6.45) is 2.32. The van der Waals surface area contributed by atoms with E-state index in [1.165, 1.54) is 6.42 Å². The number of aryl methyl sites for hydroxylation is 2. The molecule has 0 saturated carbocycles. The van der Waals surface area contributed by atoms with Gasteiger partial charge in [-0.15, -0.1) is 11.8 Å². The zero-order chi connectivity index (χ0) is 12.1. The van der Waals surface area contributed by atoms with E-state index in [1.807, 2.05) is 18.7 Å². The topological polar surface area (TPSA) is 43.8 Å². The summed E-state index contributed by atoms with van der Waals surface area (Å²) in [6.45, 7) is 9.60. The molecule has 0 amide bonds. The number of thioether (sulfide) groups is 1. The van der Waals surface area contributed by atoms with E-state index in [9.17, 15) is 0 Å². The van der Waals surface area contributed by atoms with Gasteiger partial charge in [-0.25, -0.2) is 0 Å². The van der Waals surface area contributed by atoms with Crippen molar-refractivity contribution in [3.8, 4) is 0 Å². The lowest BCUT2D eigenvalue weighted by Gasteiger charge is -2.07. The van der Waals surface area contributed by atoms with Gasteiger partial charge in [-0.3, -0.25) is 4.68 Å². The highest BCUT2D eigenvalue weighted by molar-refractivity contribution is 7.99. The van der Waals surface area contributed by atoms with E-state index in [-0.39, 0.29) is 0 Å². The molecule has 1 aromatic rings. The van der Waals surface area contributed by atoms with Crippen LogP contribution >= 0.6 is 11.8 Å². The third-order valence-corrected chi connectivity index (χ3v) is 3.64. The maximum Gasteiger partial charge on any atom is 0.117 e. The largest absolute Gasteiger partial charge is 0.395 e. The van der Waals surface area contributed by atoms with Crippen LogP contribution in [-0.4, -0.2) is 15.5 Å². The highest BCUT2D eigenvalue weighted by Gasteiger charge is 2.12. The Kier molecular flexibility index (Phi) is 5.19. The lowest BCUT2D eigenvalue weighted by molar-refractivity contribution is 0.555. The van der Waals surface area contributed by atoms with Gasteiger partial charge in [0, 0.05) is 6.54 Å². The van der Waals surface area contributed by atoms with Crippen LogP contribution in [0.25, 0.3) is 0 Å². The Morgan fingerprint density at radius 2 is 2.12 bits per heavy atom. The van der Waals surface area contributed by atoms with E-state index in [0.717, 1.165) is 41.0 Å². The second kappa shape index (κ2) is 6.18. The minimum atomic E-state index is 0.748. The Labute approximate surface area is 103 Å². The molecule has 3 nitrogen and oxygen atoms in total. The van der Waals surface area contributed by atoms with Crippen molar-refractivity contribution in [1.82, 2.24) is 9.78 Å². The summed E-state index contributed by atoms with van der Waals surface area (Å²) in [4.78, 5) is 0. The summed E-state index contributed by atoms with van der Waals surface area (Å²) < 4.78 is 2.05. The number of nitrogens with zero attached hydrogens (tertiary/aromatic N) is 2.